The van der Waals surface area contributed by atoms with E-state index in [-0.39, 0.29) is 29.0 Å². The van der Waals surface area contributed by atoms with Crippen molar-refractivity contribution in [3.63, 3.8) is 0 Å². The largest absolute Gasteiger partial charge is 0.382 e. The van der Waals surface area contributed by atoms with Crippen LogP contribution in [0.25, 0.3) is 11.1 Å². The minimum absolute atomic E-state index is 0.0136. The smallest absolute Gasteiger partial charge is 0.370 e. The van der Waals surface area contributed by atoms with Crippen LogP contribution in [-0.4, -0.2) is 8.42 Å². The fourth-order valence-corrected chi connectivity index (χ4v) is 2.92. The van der Waals surface area contributed by atoms with Crippen LogP contribution in [0.4, 0.5) is 13.2 Å². The first-order valence-corrected chi connectivity index (χ1v) is 7.23. The summed E-state index contributed by atoms with van der Waals surface area (Å²) in [5.74, 6) is -2.53. The van der Waals surface area contributed by atoms with Crippen LogP contribution in [0.3, 0.4) is 0 Å². The van der Waals surface area contributed by atoms with E-state index in [0.717, 1.165) is 24.3 Å². The minimum Gasteiger partial charge on any atom is -0.370 e. The van der Waals surface area contributed by atoms with Crippen LogP contribution in [0, 0.1) is 17.5 Å². The topological polar surface area (TPSA) is 55.4 Å². The molecular weight excluding hydrogens is 307 g/mol. The molecule has 1 N–H and O–H groups in total. The van der Waals surface area contributed by atoms with Crippen molar-refractivity contribution >= 4 is 10.3 Å². The van der Waals surface area contributed by atoms with Gasteiger partial charge in [-0.1, -0.05) is 0 Å². The van der Waals surface area contributed by atoms with Gasteiger partial charge in [0.1, 0.15) is 17.5 Å². The molecule has 0 spiro atoms. The van der Waals surface area contributed by atoms with Gasteiger partial charge in [0.15, 0.2) is 5.75 Å². The van der Waals surface area contributed by atoms with E-state index in [2.05, 4.69) is 4.72 Å². The fraction of sp³-hybridized carbons (Fsp3) is 0.0769. The predicted molar refractivity (Wildman–Crippen MR) is 68.1 cm³/mol. The maximum atomic E-state index is 13.6. The second kappa shape index (κ2) is 4.74. The van der Waals surface area contributed by atoms with E-state index in [1.807, 2.05) is 0 Å². The first kappa shape index (κ1) is 13.9. The van der Waals surface area contributed by atoms with Crippen LogP contribution in [-0.2, 0) is 16.8 Å². The lowest BCUT2D eigenvalue weighted by atomic mass is 10.0. The Morgan fingerprint density at radius 3 is 2.24 bits per heavy atom. The van der Waals surface area contributed by atoms with Gasteiger partial charge in [-0.2, -0.15) is 13.1 Å². The molecule has 0 saturated heterocycles. The Bertz CT molecular complexity index is 817. The van der Waals surface area contributed by atoms with Crippen molar-refractivity contribution in [2.45, 2.75) is 6.54 Å². The van der Waals surface area contributed by atoms with Crippen LogP contribution in [0.5, 0.6) is 5.75 Å². The summed E-state index contributed by atoms with van der Waals surface area (Å²) in [5.41, 5.74) is 0.193. The zero-order valence-electron chi connectivity index (χ0n) is 10.4. The summed E-state index contributed by atoms with van der Waals surface area (Å²) in [4.78, 5) is 0. The molecular formula is C13H8F3NO3S. The molecule has 1 aliphatic rings. The molecule has 1 aliphatic heterocycles. The molecule has 1 heterocycles. The molecule has 0 fully saturated rings. The van der Waals surface area contributed by atoms with Gasteiger partial charge in [0, 0.05) is 23.7 Å². The first-order chi connectivity index (χ1) is 9.84. The van der Waals surface area contributed by atoms with E-state index in [1.54, 1.807) is 0 Å². The number of halogens is 3. The summed E-state index contributed by atoms with van der Waals surface area (Å²) in [6, 6.07) is 4.66. The number of benzene rings is 2. The molecule has 0 bridgehead atoms. The van der Waals surface area contributed by atoms with E-state index in [0.29, 0.717) is 6.07 Å². The average molecular weight is 315 g/mol. The zero-order valence-corrected chi connectivity index (χ0v) is 11.2. The van der Waals surface area contributed by atoms with Crippen molar-refractivity contribution in [3.05, 3.63) is 53.3 Å². The number of hydrogen-bond donors (Lipinski definition) is 1. The SMILES string of the molecule is O=S1(=O)NCc2cc(F)cc(-c3cc(F)cc(F)c3)c2O1. The van der Waals surface area contributed by atoms with Crippen molar-refractivity contribution < 1.29 is 25.8 Å². The quantitative estimate of drug-likeness (QED) is 0.880. The third kappa shape index (κ3) is 2.72. The second-order valence-corrected chi connectivity index (χ2v) is 5.82. The molecule has 21 heavy (non-hydrogen) atoms. The van der Waals surface area contributed by atoms with Crippen molar-refractivity contribution in [1.29, 1.82) is 0 Å². The maximum absolute atomic E-state index is 13.6. The van der Waals surface area contributed by atoms with Crippen LogP contribution in [0.2, 0.25) is 0 Å². The monoisotopic (exact) mass is 315 g/mol. The molecule has 0 atom stereocenters. The summed E-state index contributed by atoms with van der Waals surface area (Å²) < 4.78 is 69.9. The highest BCUT2D eigenvalue weighted by Crippen LogP contribution is 2.37. The summed E-state index contributed by atoms with van der Waals surface area (Å²) in [7, 11) is -4.02. The maximum Gasteiger partial charge on any atom is 0.382 e. The van der Waals surface area contributed by atoms with Crippen molar-refractivity contribution in [1.82, 2.24) is 4.72 Å². The Morgan fingerprint density at radius 2 is 1.57 bits per heavy atom. The number of hydrogen-bond acceptors (Lipinski definition) is 3. The lowest BCUT2D eigenvalue weighted by Gasteiger charge is -2.21. The number of nitrogens with one attached hydrogen (secondary N) is 1. The average Bonchev–Trinajstić information content (AvgIpc) is 2.36. The van der Waals surface area contributed by atoms with Crippen molar-refractivity contribution in [2.75, 3.05) is 0 Å². The highest BCUT2D eigenvalue weighted by atomic mass is 32.2. The third-order valence-corrected chi connectivity index (χ3v) is 3.82. The number of fused-ring (bicyclic) bond motifs is 1. The minimum atomic E-state index is -4.02. The molecule has 4 nitrogen and oxygen atoms in total. The molecule has 110 valence electrons. The van der Waals surface area contributed by atoms with Gasteiger partial charge in [-0.15, -0.1) is 0 Å². The Morgan fingerprint density at radius 1 is 0.952 bits per heavy atom. The van der Waals surface area contributed by atoms with Gasteiger partial charge in [-0.05, 0) is 29.8 Å². The normalized spacial score (nSPS) is 16.1. The molecule has 2 aromatic carbocycles. The van der Waals surface area contributed by atoms with Gasteiger partial charge >= 0.3 is 10.3 Å². The summed E-state index contributed by atoms with van der Waals surface area (Å²) in [5, 5.41) is 0. The standard InChI is InChI=1S/C13H8F3NO3S/c14-9-1-7(2-10(15)4-9)12-5-11(16)3-8-6-17-21(18,19)20-13(8)12/h1-5,17H,6H2. The van der Waals surface area contributed by atoms with Crippen LogP contribution in [0.15, 0.2) is 30.3 Å². The Kier molecular flexibility index (Phi) is 3.14. The Balaban J connectivity index is 2.25. The van der Waals surface area contributed by atoms with Crippen LogP contribution < -0.4 is 8.91 Å². The van der Waals surface area contributed by atoms with Crippen molar-refractivity contribution in [2.24, 2.45) is 0 Å². The Hall–Kier alpha value is -2.06. The predicted octanol–water partition coefficient (Wildman–Crippen LogP) is 2.50. The van der Waals surface area contributed by atoms with E-state index in [1.165, 1.54) is 0 Å². The number of rotatable bonds is 1. The van der Waals surface area contributed by atoms with E-state index in [9.17, 15) is 21.6 Å². The zero-order chi connectivity index (χ0) is 15.2. The third-order valence-electron chi connectivity index (χ3n) is 2.94. The van der Waals surface area contributed by atoms with E-state index < -0.39 is 27.8 Å². The molecule has 3 rings (SSSR count). The molecule has 0 unspecified atom stereocenters. The highest BCUT2D eigenvalue weighted by molar-refractivity contribution is 7.85. The van der Waals surface area contributed by atoms with Gasteiger partial charge in [0.05, 0.1) is 0 Å². The lowest BCUT2D eigenvalue weighted by molar-refractivity contribution is 0.452. The summed E-state index contributed by atoms with van der Waals surface area (Å²) in [6.07, 6.45) is 0. The van der Waals surface area contributed by atoms with Gasteiger partial charge in [0.25, 0.3) is 0 Å². The fourth-order valence-electron chi connectivity index (χ4n) is 2.11. The van der Waals surface area contributed by atoms with Crippen LogP contribution >= 0.6 is 0 Å². The van der Waals surface area contributed by atoms with E-state index in [4.69, 9.17) is 4.18 Å². The molecule has 0 saturated carbocycles. The van der Waals surface area contributed by atoms with Gasteiger partial charge in [-0.25, -0.2) is 13.2 Å². The van der Waals surface area contributed by atoms with Gasteiger partial charge in [-0.3, -0.25) is 0 Å². The summed E-state index contributed by atoms with van der Waals surface area (Å²) in [6.45, 7) is -0.166. The summed E-state index contributed by atoms with van der Waals surface area (Å²) >= 11 is 0. The first-order valence-electron chi connectivity index (χ1n) is 5.82. The molecule has 0 amide bonds. The van der Waals surface area contributed by atoms with Gasteiger partial charge < -0.3 is 4.18 Å². The molecule has 2 aromatic rings. The van der Waals surface area contributed by atoms with Crippen molar-refractivity contribution in [3.8, 4) is 16.9 Å². The Labute approximate surface area is 118 Å². The van der Waals surface area contributed by atoms with Gasteiger partial charge in [0.2, 0.25) is 0 Å². The van der Waals surface area contributed by atoms with E-state index >= 15 is 0 Å². The molecule has 8 heteroatoms. The van der Waals surface area contributed by atoms with Crippen LogP contribution in [0.1, 0.15) is 5.56 Å². The molecule has 0 radical (unpaired) electrons. The lowest BCUT2D eigenvalue weighted by Crippen LogP contribution is -2.32. The highest BCUT2D eigenvalue weighted by Gasteiger charge is 2.26. The molecule has 0 aromatic heterocycles. The molecule has 0 aliphatic carbocycles. The second-order valence-electron chi connectivity index (χ2n) is 4.46.